The maximum atomic E-state index is 9.93. The number of hydrogen-bond donors (Lipinski definition) is 2. The molecule has 0 saturated heterocycles. The average molecular weight is 203 g/mol. The van der Waals surface area contributed by atoms with Crippen LogP contribution in [0.1, 0.15) is 11.7 Å². The third-order valence-electron chi connectivity index (χ3n) is 2.27. The van der Waals surface area contributed by atoms with Gasteiger partial charge in [0.15, 0.2) is 0 Å². The third kappa shape index (κ3) is 2.16. The van der Waals surface area contributed by atoms with Gasteiger partial charge in [-0.1, -0.05) is 18.2 Å². The molecule has 1 unspecified atom stereocenters. The summed E-state index contributed by atoms with van der Waals surface area (Å²) in [7, 11) is 0. The van der Waals surface area contributed by atoms with Crippen LogP contribution in [-0.2, 0) is 6.54 Å². The van der Waals surface area contributed by atoms with Crippen LogP contribution in [0.15, 0.2) is 42.7 Å². The normalized spacial score (nSPS) is 12.6. The molecule has 3 N–H and O–H groups in total. The number of nitrogens with zero attached hydrogens (tertiary/aromatic N) is 2. The number of aliphatic hydroxyl groups is 1. The van der Waals surface area contributed by atoms with E-state index in [2.05, 4.69) is 5.10 Å². The van der Waals surface area contributed by atoms with Crippen molar-refractivity contribution >= 4 is 5.69 Å². The molecule has 1 heterocycles. The first-order chi connectivity index (χ1) is 7.27. The van der Waals surface area contributed by atoms with E-state index in [9.17, 15) is 5.11 Å². The lowest BCUT2D eigenvalue weighted by atomic mass is 10.1. The Morgan fingerprint density at radius 3 is 2.80 bits per heavy atom. The number of aromatic nitrogens is 2. The van der Waals surface area contributed by atoms with Crippen LogP contribution in [-0.4, -0.2) is 14.9 Å². The van der Waals surface area contributed by atoms with Gasteiger partial charge in [0, 0.05) is 23.6 Å². The number of nitrogen functional groups attached to an aromatic ring is 1. The van der Waals surface area contributed by atoms with Gasteiger partial charge in [0.2, 0.25) is 0 Å². The molecular weight excluding hydrogens is 190 g/mol. The van der Waals surface area contributed by atoms with Crippen molar-refractivity contribution in [2.45, 2.75) is 12.6 Å². The molecule has 0 spiro atoms. The van der Waals surface area contributed by atoms with Crippen LogP contribution >= 0.6 is 0 Å². The van der Waals surface area contributed by atoms with Crippen LogP contribution in [0.3, 0.4) is 0 Å². The Bertz CT molecular complexity index is 425. The first-order valence-electron chi connectivity index (χ1n) is 4.77. The summed E-state index contributed by atoms with van der Waals surface area (Å²) in [6, 6.07) is 9.13. The lowest BCUT2D eigenvalue weighted by Crippen LogP contribution is -2.10. The fourth-order valence-corrected chi connectivity index (χ4v) is 1.50. The van der Waals surface area contributed by atoms with Crippen molar-refractivity contribution in [1.82, 2.24) is 9.78 Å². The summed E-state index contributed by atoms with van der Waals surface area (Å²) < 4.78 is 1.68. The predicted octanol–water partition coefficient (Wildman–Crippen LogP) is 1.20. The van der Waals surface area contributed by atoms with Gasteiger partial charge in [-0.2, -0.15) is 5.10 Å². The largest absolute Gasteiger partial charge is 0.398 e. The van der Waals surface area contributed by atoms with Crippen molar-refractivity contribution < 1.29 is 5.11 Å². The summed E-state index contributed by atoms with van der Waals surface area (Å²) in [6.07, 6.45) is 2.87. The number of anilines is 1. The molecule has 1 aromatic carbocycles. The summed E-state index contributed by atoms with van der Waals surface area (Å²) in [6.45, 7) is 0.418. The zero-order valence-electron chi connectivity index (χ0n) is 8.24. The molecule has 4 nitrogen and oxygen atoms in total. The lowest BCUT2D eigenvalue weighted by Gasteiger charge is -2.13. The molecule has 0 bridgehead atoms. The van der Waals surface area contributed by atoms with Gasteiger partial charge in [-0.3, -0.25) is 4.68 Å². The highest BCUT2D eigenvalue weighted by molar-refractivity contribution is 5.47. The SMILES string of the molecule is Nc1ccccc1C(O)Cn1cccn1. The van der Waals surface area contributed by atoms with Gasteiger partial charge in [0.25, 0.3) is 0 Å². The molecule has 0 aliphatic heterocycles. The molecular formula is C11H13N3O. The second kappa shape index (κ2) is 4.14. The topological polar surface area (TPSA) is 64.1 Å². The Labute approximate surface area is 88.0 Å². The third-order valence-corrected chi connectivity index (χ3v) is 2.27. The summed E-state index contributed by atoms with van der Waals surface area (Å²) in [5.74, 6) is 0. The van der Waals surface area contributed by atoms with E-state index in [1.165, 1.54) is 0 Å². The smallest absolute Gasteiger partial charge is 0.101 e. The fourth-order valence-electron chi connectivity index (χ4n) is 1.50. The van der Waals surface area contributed by atoms with Gasteiger partial charge in [-0.15, -0.1) is 0 Å². The monoisotopic (exact) mass is 203 g/mol. The van der Waals surface area contributed by atoms with E-state index in [1.54, 1.807) is 16.9 Å². The second-order valence-corrected chi connectivity index (χ2v) is 3.37. The van der Waals surface area contributed by atoms with E-state index >= 15 is 0 Å². The van der Waals surface area contributed by atoms with Gasteiger partial charge in [-0.05, 0) is 12.1 Å². The van der Waals surface area contributed by atoms with E-state index in [0.29, 0.717) is 12.2 Å². The average Bonchev–Trinajstić information content (AvgIpc) is 2.71. The van der Waals surface area contributed by atoms with Crippen LogP contribution in [0.2, 0.25) is 0 Å². The van der Waals surface area contributed by atoms with Crippen molar-refractivity contribution in [3.05, 3.63) is 48.3 Å². The molecule has 2 rings (SSSR count). The van der Waals surface area contributed by atoms with E-state index in [0.717, 1.165) is 5.56 Å². The highest BCUT2D eigenvalue weighted by atomic mass is 16.3. The van der Waals surface area contributed by atoms with Gasteiger partial charge in [-0.25, -0.2) is 0 Å². The number of aliphatic hydroxyl groups excluding tert-OH is 1. The van der Waals surface area contributed by atoms with Crippen LogP contribution in [0.4, 0.5) is 5.69 Å². The molecule has 0 radical (unpaired) electrons. The quantitative estimate of drug-likeness (QED) is 0.737. The molecule has 1 atom stereocenters. The molecule has 4 heteroatoms. The van der Waals surface area contributed by atoms with Crippen LogP contribution in [0.5, 0.6) is 0 Å². The van der Waals surface area contributed by atoms with E-state index in [1.807, 2.05) is 30.5 Å². The van der Waals surface area contributed by atoms with Crippen molar-refractivity contribution in [2.24, 2.45) is 0 Å². The van der Waals surface area contributed by atoms with E-state index < -0.39 is 6.10 Å². The second-order valence-electron chi connectivity index (χ2n) is 3.37. The minimum atomic E-state index is -0.619. The Morgan fingerprint density at radius 2 is 2.13 bits per heavy atom. The highest BCUT2D eigenvalue weighted by Gasteiger charge is 2.10. The van der Waals surface area contributed by atoms with Gasteiger partial charge >= 0.3 is 0 Å². The Hall–Kier alpha value is -1.81. The minimum Gasteiger partial charge on any atom is -0.398 e. The molecule has 0 aliphatic carbocycles. The number of hydrogen-bond acceptors (Lipinski definition) is 3. The maximum Gasteiger partial charge on any atom is 0.101 e. The number of para-hydroxylation sites is 1. The summed E-state index contributed by atoms with van der Waals surface area (Å²) in [5, 5.41) is 14.0. The van der Waals surface area contributed by atoms with Gasteiger partial charge in [0.05, 0.1) is 6.54 Å². The van der Waals surface area contributed by atoms with Crippen LogP contribution < -0.4 is 5.73 Å². The number of nitrogens with two attached hydrogens (primary N) is 1. The molecule has 0 aliphatic rings. The Morgan fingerprint density at radius 1 is 1.33 bits per heavy atom. The van der Waals surface area contributed by atoms with Crippen LogP contribution in [0, 0.1) is 0 Å². The molecule has 1 aromatic heterocycles. The standard InChI is InChI=1S/C11H13N3O/c12-10-5-2-1-4-9(10)11(15)8-14-7-3-6-13-14/h1-7,11,15H,8,12H2. The van der Waals surface area contributed by atoms with Crippen molar-refractivity contribution in [2.75, 3.05) is 5.73 Å². The Balaban J connectivity index is 2.15. The van der Waals surface area contributed by atoms with Crippen molar-refractivity contribution in [1.29, 1.82) is 0 Å². The first-order valence-corrected chi connectivity index (χ1v) is 4.77. The van der Waals surface area contributed by atoms with Gasteiger partial charge in [0.1, 0.15) is 6.10 Å². The molecule has 2 aromatic rings. The first kappa shape index (κ1) is 9.73. The lowest BCUT2D eigenvalue weighted by molar-refractivity contribution is 0.152. The fraction of sp³-hybridized carbons (Fsp3) is 0.182. The number of rotatable bonds is 3. The van der Waals surface area contributed by atoms with Crippen molar-refractivity contribution in [3.63, 3.8) is 0 Å². The Kier molecular flexibility index (Phi) is 2.69. The zero-order chi connectivity index (χ0) is 10.7. The minimum absolute atomic E-state index is 0.418. The van der Waals surface area contributed by atoms with E-state index in [-0.39, 0.29) is 0 Å². The summed E-state index contributed by atoms with van der Waals surface area (Å²) >= 11 is 0. The zero-order valence-corrected chi connectivity index (χ0v) is 8.24. The predicted molar refractivity (Wildman–Crippen MR) is 58.0 cm³/mol. The molecule has 0 amide bonds. The summed E-state index contributed by atoms with van der Waals surface area (Å²) in [5.41, 5.74) is 7.11. The molecule has 0 fully saturated rings. The van der Waals surface area contributed by atoms with Crippen LogP contribution in [0.25, 0.3) is 0 Å². The number of benzene rings is 1. The van der Waals surface area contributed by atoms with Gasteiger partial charge < -0.3 is 10.8 Å². The summed E-state index contributed by atoms with van der Waals surface area (Å²) in [4.78, 5) is 0. The molecule has 15 heavy (non-hydrogen) atoms. The maximum absolute atomic E-state index is 9.93. The molecule has 78 valence electrons. The molecule has 0 saturated carbocycles. The van der Waals surface area contributed by atoms with E-state index in [4.69, 9.17) is 5.73 Å². The van der Waals surface area contributed by atoms with Crippen molar-refractivity contribution in [3.8, 4) is 0 Å². The highest BCUT2D eigenvalue weighted by Crippen LogP contribution is 2.20.